The Bertz CT molecular complexity index is 749. The molecule has 0 aromatic heterocycles. The van der Waals surface area contributed by atoms with Gasteiger partial charge < -0.3 is 9.64 Å². The van der Waals surface area contributed by atoms with Crippen molar-refractivity contribution < 1.29 is 14.5 Å². The fourth-order valence-corrected chi connectivity index (χ4v) is 2.38. The molecule has 0 radical (unpaired) electrons. The molecule has 0 saturated heterocycles. The quantitative estimate of drug-likeness (QED) is 0.619. The number of nitro benzene ring substituents is 1. The summed E-state index contributed by atoms with van der Waals surface area (Å²) in [6.07, 6.45) is 0. The number of carbonyl (C=O) groups excluding carboxylic acids is 1. The number of carbonyl (C=O) groups is 1. The minimum atomic E-state index is -0.548. The number of nitrogens with zero attached hydrogens (tertiary/aromatic N) is 2. The molecule has 0 fully saturated rings. The highest BCUT2D eigenvalue weighted by Crippen LogP contribution is 2.25. The van der Waals surface area contributed by atoms with Crippen molar-refractivity contribution in [1.82, 2.24) is 4.90 Å². The summed E-state index contributed by atoms with van der Waals surface area (Å²) in [7, 11) is 3.02. The van der Waals surface area contributed by atoms with Gasteiger partial charge in [-0.1, -0.05) is 23.7 Å². The lowest BCUT2D eigenvalue weighted by atomic mass is 10.1. The summed E-state index contributed by atoms with van der Waals surface area (Å²) in [6, 6.07) is 11.1. The summed E-state index contributed by atoms with van der Waals surface area (Å²) in [5.74, 6) is -0.0796. The molecule has 0 spiro atoms. The van der Waals surface area contributed by atoms with Crippen molar-refractivity contribution >= 4 is 23.2 Å². The molecule has 0 saturated carbocycles. The van der Waals surface area contributed by atoms with E-state index in [9.17, 15) is 14.9 Å². The standard InChI is InChI=1S/C16H15ClN2O4/c1-18(10-11-4-3-5-12(17)8-11)16(20)14-9-13(19(21)22)6-7-15(14)23-2/h3-9H,10H2,1-2H3. The number of hydrogen-bond donors (Lipinski definition) is 0. The number of non-ortho nitro benzene ring substituents is 1. The molecule has 0 aliphatic rings. The molecule has 0 bridgehead atoms. The number of hydrogen-bond acceptors (Lipinski definition) is 4. The summed E-state index contributed by atoms with van der Waals surface area (Å²) >= 11 is 5.93. The summed E-state index contributed by atoms with van der Waals surface area (Å²) in [5, 5.41) is 11.5. The highest BCUT2D eigenvalue weighted by atomic mass is 35.5. The third kappa shape index (κ3) is 3.98. The van der Waals surface area contributed by atoms with Crippen LogP contribution in [-0.2, 0) is 6.54 Å². The van der Waals surface area contributed by atoms with E-state index in [1.165, 1.54) is 30.2 Å². The normalized spacial score (nSPS) is 10.2. The second-order valence-electron chi connectivity index (χ2n) is 4.93. The fourth-order valence-electron chi connectivity index (χ4n) is 2.16. The average Bonchev–Trinajstić information content (AvgIpc) is 2.53. The first-order chi connectivity index (χ1) is 10.9. The lowest BCUT2D eigenvalue weighted by Crippen LogP contribution is -2.26. The van der Waals surface area contributed by atoms with Gasteiger partial charge in [0.1, 0.15) is 5.75 Å². The lowest BCUT2D eigenvalue weighted by molar-refractivity contribution is -0.384. The predicted molar refractivity (Wildman–Crippen MR) is 86.9 cm³/mol. The highest BCUT2D eigenvalue weighted by Gasteiger charge is 2.20. The Balaban J connectivity index is 2.28. The van der Waals surface area contributed by atoms with Crippen molar-refractivity contribution in [2.24, 2.45) is 0 Å². The minimum Gasteiger partial charge on any atom is -0.496 e. The number of amides is 1. The average molecular weight is 335 g/mol. The Kier molecular flexibility index (Phi) is 5.18. The molecule has 23 heavy (non-hydrogen) atoms. The molecular weight excluding hydrogens is 320 g/mol. The van der Waals surface area contributed by atoms with E-state index in [0.717, 1.165) is 5.56 Å². The van der Waals surface area contributed by atoms with Crippen LogP contribution in [0.4, 0.5) is 5.69 Å². The van der Waals surface area contributed by atoms with Crippen molar-refractivity contribution in [1.29, 1.82) is 0 Å². The Morgan fingerprint density at radius 2 is 2.04 bits per heavy atom. The Hall–Kier alpha value is -2.60. The van der Waals surface area contributed by atoms with Gasteiger partial charge in [0.2, 0.25) is 0 Å². The maximum atomic E-state index is 12.6. The zero-order valence-corrected chi connectivity index (χ0v) is 13.4. The van der Waals surface area contributed by atoms with Gasteiger partial charge in [-0.25, -0.2) is 0 Å². The van der Waals surface area contributed by atoms with Crippen LogP contribution in [0.5, 0.6) is 5.75 Å². The van der Waals surface area contributed by atoms with E-state index in [4.69, 9.17) is 16.3 Å². The number of nitro groups is 1. The maximum absolute atomic E-state index is 12.6. The van der Waals surface area contributed by atoms with Gasteiger partial charge >= 0.3 is 0 Å². The van der Waals surface area contributed by atoms with Gasteiger partial charge in [-0.05, 0) is 23.8 Å². The van der Waals surface area contributed by atoms with Gasteiger partial charge in [0.25, 0.3) is 11.6 Å². The third-order valence-corrected chi connectivity index (χ3v) is 3.51. The summed E-state index contributed by atoms with van der Waals surface area (Å²) in [6.45, 7) is 0.325. The first kappa shape index (κ1) is 16.8. The van der Waals surface area contributed by atoms with E-state index in [-0.39, 0.29) is 17.2 Å². The molecule has 0 heterocycles. The number of rotatable bonds is 5. The monoisotopic (exact) mass is 334 g/mol. The minimum absolute atomic E-state index is 0.145. The Morgan fingerprint density at radius 3 is 2.65 bits per heavy atom. The lowest BCUT2D eigenvalue weighted by Gasteiger charge is -2.18. The van der Waals surface area contributed by atoms with Crippen molar-refractivity contribution in [2.45, 2.75) is 6.54 Å². The zero-order valence-electron chi connectivity index (χ0n) is 12.7. The van der Waals surface area contributed by atoms with Crippen molar-refractivity contribution in [3.05, 3.63) is 68.7 Å². The van der Waals surface area contributed by atoms with Crippen LogP contribution in [0, 0.1) is 10.1 Å². The van der Waals surface area contributed by atoms with E-state index in [1.807, 2.05) is 6.07 Å². The molecule has 2 aromatic carbocycles. The molecule has 7 heteroatoms. The van der Waals surface area contributed by atoms with Crippen LogP contribution in [0.15, 0.2) is 42.5 Å². The Morgan fingerprint density at radius 1 is 1.30 bits per heavy atom. The van der Waals surface area contributed by atoms with Gasteiger partial charge in [0.05, 0.1) is 17.6 Å². The van der Waals surface area contributed by atoms with Crippen molar-refractivity contribution in [3.8, 4) is 5.75 Å². The van der Waals surface area contributed by atoms with E-state index in [0.29, 0.717) is 17.3 Å². The van der Waals surface area contributed by atoms with E-state index >= 15 is 0 Å². The number of halogens is 1. The van der Waals surface area contributed by atoms with Crippen LogP contribution in [0.1, 0.15) is 15.9 Å². The topological polar surface area (TPSA) is 72.7 Å². The predicted octanol–water partition coefficient (Wildman–Crippen LogP) is 3.53. The van der Waals surface area contributed by atoms with Crippen LogP contribution in [0.3, 0.4) is 0 Å². The second-order valence-corrected chi connectivity index (χ2v) is 5.37. The largest absolute Gasteiger partial charge is 0.496 e. The first-order valence-electron chi connectivity index (χ1n) is 6.74. The van der Waals surface area contributed by atoms with Gasteiger partial charge in [-0.3, -0.25) is 14.9 Å². The molecule has 0 aliphatic heterocycles. The van der Waals surface area contributed by atoms with E-state index < -0.39 is 4.92 Å². The second kappa shape index (κ2) is 7.11. The smallest absolute Gasteiger partial charge is 0.270 e. The highest BCUT2D eigenvalue weighted by molar-refractivity contribution is 6.30. The van der Waals surface area contributed by atoms with Crippen LogP contribution in [0.25, 0.3) is 0 Å². The molecule has 0 atom stereocenters. The van der Waals surface area contributed by atoms with Gasteiger partial charge in [-0.15, -0.1) is 0 Å². The molecule has 120 valence electrons. The van der Waals surface area contributed by atoms with Crippen LogP contribution >= 0.6 is 11.6 Å². The number of benzene rings is 2. The molecule has 0 unspecified atom stereocenters. The number of methoxy groups -OCH3 is 1. The van der Waals surface area contributed by atoms with Crippen molar-refractivity contribution in [2.75, 3.05) is 14.2 Å². The van der Waals surface area contributed by atoms with Gasteiger partial charge in [0, 0.05) is 30.7 Å². The van der Waals surface area contributed by atoms with Crippen LogP contribution < -0.4 is 4.74 Å². The maximum Gasteiger partial charge on any atom is 0.270 e. The van der Waals surface area contributed by atoms with Crippen LogP contribution in [0.2, 0.25) is 5.02 Å². The molecule has 2 aromatic rings. The third-order valence-electron chi connectivity index (χ3n) is 3.28. The molecule has 0 N–H and O–H groups in total. The zero-order chi connectivity index (χ0) is 17.0. The molecule has 1 amide bonds. The molecular formula is C16H15ClN2O4. The fraction of sp³-hybridized carbons (Fsp3) is 0.188. The van der Waals surface area contributed by atoms with Crippen LogP contribution in [-0.4, -0.2) is 29.9 Å². The number of ether oxygens (including phenoxy) is 1. The summed E-state index contributed by atoms with van der Waals surface area (Å²) in [4.78, 5) is 24.4. The SMILES string of the molecule is COc1ccc([N+](=O)[O-])cc1C(=O)N(C)Cc1cccc(Cl)c1. The summed E-state index contributed by atoms with van der Waals surface area (Å²) < 4.78 is 5.13. The van der Waals surface area contributed by atoms with Gasteiger partial charge in [-0.2, -0.15) is 0 Å². The van der Waals surface area contributed by atoms with Gasteiger partial charge in [0.15, 0.2) is 0 Å². The van der Waals surface area contributed by atoms with Crippen molar-refractivity contribution in [3.63, 3.8) is 0 Å². The first-order valence-corrected chi connectivity index (χ1v) is 7.12. The van der Waals surface area contributed by atoms with E-state index in [2.05, 4.69) is 0 Å². The molecule has 2 rings (SSSR count). The Labute approximate surface area is 138 Å². The molecule has 0 aliphatic carbocycles. The molecule has 6 nitrogen and oxygen atoms in total. The van der Waals surface area contributed by atoms with E-state index in [1.54, 1.807) is 25.2 Å². The summed E-state index contributed by atoms with van der Waals surface area (Å²) in [5.41, 5.74) is 0.842.